The first-order chi connectivity index (χ1) is 12.0. The molecule has 0 N–H and O–H groups in total. The number of fused-ring (bicyclic) bond motifs is 1. The molecule has 0 radical (unpaired) electrons. The van der Waals surface area contributed by atoms with E-state index >= 15 is 0 Å². The van der Waals surface area contributed by atoms with Gasteiger partial charge in [-0.05, 0) is 43.0 Å². The van der Waals surface area contributed by atoms with Crippen molar-refractivity contribution < 1.29 is 18.8 Å². The average Bonchev–Trinajstić information content (AvgIpc) is 3.04. The van der Waals surface area contributed by atoms with Crippen LogP contribution in [-0.2, 0) is 9.59 Å². The molecule has 0 bridgehead atoms. The highest BCUT2D eigenvalue weighted by Crippen LogP contribution is 2.31. The number of ketones is 1. The molecular formula is C19H23FN2O3. The molecule has 1 aromatic rings. The maximum Gasteiger partial charge on any atom is 0.223 e. The molecule has 5 nitrogen and oxygen atoms in total. The Bertz CT molecular complexity index is 674. The number of hydrogen-bond donors (Lipinski definition) is 0. The Morgan fingerprint density at radius 3 is 2.52 bits per heavy atom. The van der Waals surface area contributed by atoms with Gasteiger partial charge in [-0.25, -0.2) is 4.39 Å². The average molecular weight is 346 g/mol. The Hall–Kier alpha value is -2.24. The molecule has 2 saturated heterocycles. The fraction of sp³-hybridized carbons (Fsp3) is 0.526. The van der Waals surface area contributed by atoms with E-state index in [9.17, 15) is 18.8 Å². The Kier molecular flexibility index (Phi) is 5.16. The van der Waals surface area contributed by atoms with Gasteiger partial charge < -0.3 is 9.80 Å². The van der Waals surface area contributed by atoms with Crippen molar-refractivity contribution in [2.24, 2.45) is 5.92 Å². The Labute approximate surface area is 146 Å². The summed E-state index contributed by atoms with van der Waals surface area (Å²) in [7, 11) is 0. The summed E-state index contributed by atoms with van der Waals surface area (Å²) >= 11 is 0. The number of Topliss-reactive ketones (excluding diaryl/α,β-unsaturated/α-hetero) is 1. The molecule has 134 valence electrons. The van der Waals surface area contributed by atoms with E-state index in [2.05, 4.69) is 0 Å². The van der Waals surface area contributed by atoms with Crippen molar-refractivity contribution in [3.8, 4) is 0 Å². The molecule has 1 aromatic carbocycles. The third kappa shape index (κ3) is 3.89. The number of amides is 2. The lowest BCUT2D eigenvalue weighted by Crippen LogP contribution is -2.47. The number of halogens is 1. The molecule has 2 atom stereocenters. The molecule has 2 amide bonds. The number of piperidine rings is 1. The van der Waals surface area contributed by atoms with Crippen LogP contribution in [0, 0.1) is 11.7 Å². The van der Waals surface area contributed by atoms with E-state index in [-0.39, 0.29) is 42.3 Å². The zero-order valence-electron chi connectivity index (χ0n) is 14.4. The monoisotopic (exact) mass is 346 g/mol. The second kappa shape index (κ2) is 7.33. The summed E-state index contributed by atoms with van der Waals surface area (Å²) in [5.74, 6) is -0.184. The van der Waals surface area contributed by atoms with Gasteiger partial charge >= 0.3 is 0 Å². The zero-order chi connectivity index (χ0) is 18.0. The van der Waals surface area contributed by atoms with E-state index in [0.717, 1.165) is 19.4 Å². The van der Waals surface area contributed by atoms with Crippen LogP contribution < -0.4 is 0 Å². The van der Waals surface area contributed by atoms with Crippen LogP contribution in [0.5, 0.6) is 0 Å². The quantitative estimate of drug-likeness (QED) is 0.786. The fourth-order valence-corrected chi connectivity index (χ4v) is 3.93. The Balaban J connectivity index is 1.54. The zero-order valence-corrected chi connectivity index (χ0v) is 14.4. The van der Waals surface area contributed by atoms with E-state index < -0.39 is 0 Å². The van der Waals surface area contributed by atoms with Crippen molar-refractivity contribution in [2.75, 3.05) is 19.6 Å². The molecule has 25 heavy (non-hydrogen) atoms. The molecule has 0 aliphatic carbocycles. The Morgan fingerprint density at radius 2 is 1.84 bits per heavy atom. The molecule has 0 aromatic heterocycles. The SMILES string of the molecule is CC(=O)N1CCC[C@H]2CN(C(=O)CCC(=O)c3ccc(F)cc3)C[C@H]21. The number of likely N-dealkylation sites (tertiary alicyclic amines) is 2. The van der Waals surface area contributed by atoms with Crippen molar-refractivity contribution in [3.05, 3.63) is 35.6 Å². The number of nitrogens with zero attached hydrogens (tertiary/aromatic N) is 2. The smallest absolute Gasteiger partial charge is 0.223 e. The minimum absolute atomic E-state index is 0.0478. The molecule has 3 rings (SSSR count). The molecule has 6 heteroatoms. The topological polar surface area (TPSA) is 57.7 Å². The van der Waals surface area contributed by atoms with Crippen LogP contribution in [0.25, 0.3) is 0 Å². The lowest BCUT2D eigenvalue weighted by Gasteiger charge is -2.36. The normalized spacial score (nSPS) is 22.6. The van der Waals surface area contributed by atoms with Crippen LogP contribution in [0.1, 0.15) is 43.0 Å². The van der Waals surface area contributed by atoms with E-state index in [1.54, 1.807) is 11.8 Å². The van der Waals surface area contributed by atoms with Crippen LogP contribution in [-0.4, -0.2) is 53.1 Å². The van der Waals surface area contributed by atoms with Crippen molar-refractivity contribution in [1.29, 1.82) is 0 Å². The molecule has 2 heterocycles. The van der Waals surface area contributed by atoms with Gasteiger partial charge in [0, 0.05) is 45.0 Å². The first-order valence-electron chi connectivity index (χ1n) is 8.79. The van der Waals surface area contributed by atoms with Crippen molar-refractivity contribution in [3.63, 3.8) is 0 Å². The maximum absolute atomic E-state index is 12.9. The molecule has 0 saturated carbocycles. The van der Waals surface area contributed by atoms with Gasteiger partial charge in [-0.3, -0.25) is 14.4 Å². The van der Waals surface area contributed by atoms with Gasteiger partial charge in [-0.15, -0.1) is 0 Å². The van der Waals surface area contributed by atoms with Crippen molar-refractivity contribution in [2.45, 2.75) is 38.6 Å². The highest BCUT2D eigenvalue weighted by Gasteiger charge is 2.41. The van der Waals surface area contributed by atoms with Gasteiger partial charge in [0.1, 0.15) is 5.82 Å². The third-order valence-corrected chi connectivity index (χ3v) is 5.27. The van der Waals surface area contributed by atoms with Gasteiger partial charge in [0.05, 0.1) is 6.04 Å². The lowest BCUT2D eigenvalue weighted by atomic mass is 9.92. The molecule has 0 unspecified atom stereocenters. The van der Waals surface area contributed by atoms with Gasteiger partial charge in [0.15, 0.2) is 5.78 Å². The van der Waals surface area contributed by atoms with Crippen LogP contribution >= 0.6 is 0 Å². The molecule has 2 aliphatic heterocycles. The predicted octanol–water partition coefficient (Wildman–Crippen LogP) is 2.26. The van der Waals surface area contributed by atoms with Crippen molar-refractivity contribution in [1.82, 2.24) is 9.80 Å². The van der Waals surface area contributed by atoms with Gasteiger partial charge in [-0.2, -0.15) is 0 Å². The number of hydrogen-bond acceptors (Lipinski definition) is 3. The van der Waals surface area contributed by atoms with Crippen molar-refractivity contribution >= 4 is 17.6 Å². The van der Waals surface area contributed by atoms with E-state index in [1.165, 1.54) is 24.3 Å². The summed E-state index contributed by atoms with van der Waals surface area (Å²) < 4.78 is 12.9. The van der Waals surface area contributed by atoms with E-state index in [1.807, 2.05) is 4.90 Å². The van der Waals surface area contributed by atoms with Gasteiger partial charge in [0.25, 0.3) is 0 Å². The second-order valence-electron chi connectivity index (χ2n) is 6.91. The minimum atomic E-state index is -0.387. The highest BCUT2D eigenvalue weighted by atomic mass is 19.1. The van der Waals surface area contributed by atoms with E-state index in [0.29, 0.717) is 24.6 Å². The number of benzene rings is 1. The first kappa shape index (κ1) is 17.6. The molecule has 2 fully saturated rings. The summed E-state index contributed by atoms with van der Waals surface area (Å²) in [4.78, 5) is 40.0. The Morgan fingerprint density at radius 1 is 1.12 bits per heavy atom. The first-order valence-corrected chi connectivity index (χ1v) is 8.79. The van der Waals surface area contributed by atoms with Crippen LogP contribution in [0.2, 0.25) is 0 Å². The molecular weight excluding hydrogens is 323 g/mol. The number of carbonyl (C=O) groups excluding carboxylic acids is 3. The van der Waals surface area contributed by atoms with E-state index in [4.69, 9.17) is 0 Å². The van der Waals surface area contributed by atoms with Crippen LogP contribution in [0.15, 0.2) is 24.3 Å². The summed E-state index contributed by atoms with van der Waals surface area (Å²) in [6.45, 7) is 3.57. The maximum atomic E-state index is 12.9. The predicted molar refractivity (Wildman–Crippen MR) is 90.4 cm³/mol. The minimum Gasteiger partial charge on any atom is -0.340 e. The summed E-state index contributed by atoms with van der Waals surface area (Å²) in [6.07, 6.45) is 2.28. The molecule has 0 spiro atoms. The largest absolute Gasteiger partial charge is 0.340 e. The second-order valence-corrected chi connectivity index (χ2v) is 6.91. The summed E-state index contributed by atoms with van der Waals surface area (Å²) in [5, 5.41) is 0. The third-order valence-electron chi connectivity index (χ3n) is 5.27. The van der Waals surface area contributed by atoms with Crippen LogP contribution in [0.3, 0.4) is 0 Å². The standard InChI is InChI=1S/C19H23FN2O3/c1-13(23)22-10-2-3-15-11-21(12-17(15)22)19(25)9-8-18(24)14-4-6-16(20)7-5-14/h4-7,15,17H,2-3,8-12H2,1H3/t15-,17+/m0/s1. The van der Waals surface area contributed by atoms with Crippen LogP contribution in [0.4, 0.5) is 4.39 Å². The fourth-order valence-electron chi connectivity index (χ4n) is 3.93. The number of rotatable bonds is 4. The van der Waals surface area contributed by atoms with Gasteiger partial charge in [-0.1, -0.05) is 0 Å². The molecule has 2 aliphatic rings. The summed E-state index contributed by atoms with van der Waals surface area (Å²) in [5.41, 5.74) is 0.423. The number of carbonyl (C=O) groups is 3. The summed E-state index contributed by atoms with van der Waals surface area (Å²) in [6, 6.07) is 5.49. The van der Waals surface area contributed by atoms with Gasteiger partial charge in [0.2, 0.25) is 11.8 Å². The lowest BCUT2D eigenvalue weighted by molar-refractivity contribution is -0.134. The highest BCUT2D eigenvalue weighted by molar-refractivity contribution is 5.97.